The van der Waals surface area contributed by atoms with Crippen molar-refractivity contribution in [1.82, 2.24) is 0 Å². The average Bonchev–Trinajstić information content (AvgIpc) is 2.02. The molecule has 0 saturated carbocycles. The molecule has 0 saturated heterocycles. The maximum absolute atomic E-state index is 11.7. The third-order valence-corrected chi connectivity index (χ3v) is 3.95. The van der Waals surface area contributed by atoms with Gasteiger partial charge in [0.25, 0.3) is 0 Å². The summed E-state index contributed by atoms with van der Waals surface area (Å²) in [7, 11) is -2.46. The van der Waals surface area contributed by atoms with Gasteiger partial charge in [-0.1, -0.05) is 13.0 Å². The predicted molar refractivity (Wildman–Crippen MR) is 54.5 cm³/mol. The van der Waals surface area contributed by atoms with Crippen molar-refractivity contribution in [2.75, 3.05) is 18.9 Å². The first-order valence-corrected chi connectivity index (χ1v) is 6.45. The fourth-order valence-electron chi connectivity index (χ4n) is 0.708. The van der Waals surface area contributed by atoms with Crippen LogP contribution in [0.25, 0.3) is 0 Å². The van der Waals surface area contributed by atoms with E-state index in [4.69, 9.17) is 16.1 Å². The minimum atomic E-state index is -2.46. The molecule has 2 nitrogen and oxygen atoms in total. The lowest BCUT2D eigenvalue weighted by atomic mass is 10.5. The highest BCUT2D eigenvalue weighted by molar-refractivity contribution is 7.59. The van der Waals surface area contributed by atoms with Crippen LogP contribution in [0.2, 0.25) is 0 Å². The lowest BCUT2D eigenvalue weighted by Crippen LogP contribution is -2.05. The van der Waals surface area contributed by atoms with Gasteiger partial charge in [0.2, 0.25) is 7.37 Å². The molecule has 0 aromatic carbocycles. The second kappa shape index (κ2) is 5.80. The lowest BCUT2D eigenvalue weighted by molar-refractivity contribution is 0.318. The zero-order valence-corrected chi connectivity index (χ0v) is 9.28. The second-order valence-electron chi connectivity index (χ2n) is 2.68. The van der Waals surface area contributed by atoms with Gasteiger partial charge in [-0.3, -0.25) is 4.57 Å². The summed E-state index contributed by atoms with van der Waals surface area (Å²) in [6, 6.07) is 0. The molecule has 0 aliphatic carbocycles. The van der Waals surface area contributed by atoms with Crippen LogP contribution in [0.15, 0.2) is 12.7 Å². The Morgan fingerprint density at radius 1 is 1.75 bits per heavy atom. The van der Waals surface area contributed by atoms with Gasteiger partial charge in [-0.15, -0.1) is 18.2 Å². The van der Waals surface area contributed by atoms with Gasteiger partial charge in [-0.05, 0) is 6.92 Å². The van der Waals surface area contributed by atoms with Crippen molar-refractivity contribution in [2.24, 2.45) is 0 Å². The van der Waals surface area contributed by atoms with Crippen LogP contribution in [-0.2, 0) is 9.09 Å². The summed E-state index contributed by atoms with van der Waals surface area (Å²) >= 11 is 5.67. The van der Waals surface area contributed by atoms with Crippen molar-refractivity contribution < 1.29 is 9.09 Å². The molecule has 0 rings (SSSR count). The van der Waals surface area contributed by atoms with Crippen molar-refractivity contribution in [3.05, 3.63) is 12.7 Å². The first-order chi connectivity index (χ1) is 5.54. The van der Waals surface area contributed by atoms with Gasteiger partial charge in [0, 0.05) is 12.3 Å². The first-order valence-electron chi connectivity index (χ1n) is 4.01. The molecule has 0 spiro atoms. The van der Waals surface area contributed by atoms with Crippen LogP contribution in [-0.4, -0.2) is 24.3 Å². The van der Waals surface area contributed by atoms with Crippen LogP contribution < -0.4 is 0 Å². The molecule has 0 aliphatic heterocycles. The van der Waals surface area contributed by atoms with Crippen molar-refractivity contribution in [1.29, 1.82) is 0 Å². The molecule has 0 aromatic heterocycles. The van der Waals surface area contributed by atoms with Gasteiger partial charge in [-0.2, -0.15) is 0 Å². The Balaban J connectivity index is 3.96. The summed E-state index contributed by atoms with van der Waals surface area (Å²) in [6.45, 7) is 7.55. The molecule has 0 fully saturated rings. The first kappa shape index (κ1) is 12.2. The Labute approximate surface area is 79.4 Å². The van der Waals surface area contributed by atoms with Crippen molar-refractivity contribution in [3.63, 3.8) is 0 Å². The van der Waals surface area contributed by atoms with E-state index in [0.717, 1.165) is 0 Å². The van der Waals surface area contributed by atoms with E-state index in [2.05, 4.69) is 6.58 Å². The van der Waals surface area contributed by atoms with Crippen LogP contribution in [0.3, 0.4) is 0 Å². The van der Waals surface area contributed by atoms with Crippen molar-refractivity contribution in [3.8, 4) is 0 Å². The molecule has 0 amide bonds. The molecule has 2 atom stereocenters. The Kier molecular flexibility index (Phi) is 5.90. The van der Waals surface area contributed by atoms with E-state index in [-0.39, 0.29) is 5.38 Å². The Bertz CT molecular complexity index is 180. The molecule has 0 aromatic rings. The van der Waals surface area contributed by atoms with Crippen molar-refractivity contribution >= 4 is 19.0 Å². The van der Waals surface area contributed by atoms with Crippen LogP contribution >= 0.6 is 19.0 Å². The summed E-state index contributed by atoms with van der Waals surface area (Å²) in [4.78, 5) is 0. The zero-order chi connectivity index (χ0) is 9.61. The number of hydrogen-bond donors (Lipinski definition) is 0. The maximum Gasteiger partial charge on any atom is 0.206 e. The third-order valence-electron chi connectivity index (χ3n) is 1.43. The largest absolute Gasteiger partial charge is 0.327 e. The summed E-state index contributed by atoms with van der Waals surface area (Å²) in [6.07, 6.45) is 2.61. The molecular weight excluding hydrogens is 195 g/mol. The monoisotopic (exact) mass is 210 g/mol. The van der Waals surface area contributed by atoms with Gasteiger partial charge in [0.15, 0.2) is 0 Å². The van der Waals surface area contributed by atoms with E-state index in [1.807, 2.05) is 13.8 Å². The average molecular weight is 211 g/mol. The molecule has 2 unspecified atom stereocenters. The quantitative estimate of drug-likeness (QED) is 0.383. The Morgan fingerprint density at radius 2 is 2.33 bits per heavy atom. The highest BCUT2D eigenvalue weighted by Gasteiger charge is 2.18. The minimum Gasteiger partial charge on any atom is -0.327 e. The number of alkyl halides is 1. The van der Waals surface area contributed by atoms with E-state index >= 15 is 0 Å². The fraction of sp³-hybridized carbons (Fsp3) is 0.750. The van der Waals surface area contributed by atoms with E-state index < -0.39 is 7.37 Å². The summed E-state index contributed by atoms with van der Waals surface area (Å²) in [5, 5.41) is -0.0882. The van der Waals surface area contributed by atoms with E-state index in [0.29, 0.717) is 18.9 Å². The lowest BCUT2D eigenvalue weighted by Gasteiger charge is -2.15. The summed E-state index contributed by atoms with van der Waals surface area (Å²) in [5.74, 6) is 0. The predicted octanol–water partition coefficient (Wildman–Crippen LogP) is 3.11. The molecule has 0 heterocycles. The molecule has 12 heavy (non-hydrogen) atoms. The van der Waals surface area contributed by atoms with Gasteiger partial charge in [-0.25, -0.2) is 0 Å². The highest BCUT2D eigenvalue weighted by atomic mass is 35.5. The SMILES string of the molecule is C=CCP(=O)(CC)OCC(C)Cl. The maximum atomic E-state index is 11.7. The van der Waals surface area contributed by atoms with Gasteiger partial charge in [0.1, 0.15) is 0 Å². The third kappa shape index (κ3) is 4.97. The number of allylic oxidation sites excluding steroid dienone is 1. The molecule has 4 heteroatoms. The Hall–Kier alpha value is 0.220. The summed E-state index contributed by atoms with van der Waals surface area (Å²) in [5.41, 5.74) is 0. The van der Waals surface area contributed by atoms with Crippen LogP contribution in [0.4, 0.5) is 0 Å². The number of rotatable bonds is 6. The standard InChI is InChI=1S/C8H16ClO2P/c1-4-6-12(10,5-2)11-7-8(3)9/h4,8H,1,5-7H2,2-3H3. The molecule has 72 valence electrons. The minimum absolute atomic E-state index is 0.0882. The summed E-state index contributed by atoms with van der Waals surface area (Å²) < 4.78 is 17.0. The zero-order valence-electron chi connectivity index (χ0n) is 7.62. The van der Waals surface area contributed by atoms with Crippen LogP contribution in [0.5, 0.6) is 0 Å². The van der Waals surface area contributed by atoms with E-state index in [9.17, 15) is 4.57 Å². The number of halogens is 1. The molecule has 0 radical (unpaired) electrons. The highest BCUT2D eigenvalue weighted by Crippen LogP contribution is 2.46. The van der Waals surface area contributed by atoms with Gasteiger partial charge in [0.05, 0.1) is 12.0 Å². The van der Waals surface area contributed by atoms with Crippen molar-refractivity contribution in [2.45, 2.75) is 19.2 Å². The second-order valence-corrected chi connectivity index (χ2v) is 6.31. The Morgan fingerprint density at radius 3 is 2.67 bits per heavy atom. The number of hydrogen-bond acceptors (Lipinski definition) is 2. The molecular formula is C8H16ClO2P. The molecule has 0 bridgehead atoms. The van der Waals surface area contributed by atoms with Gasteiger partial charge >= 0.3 is 0 Å². The van der Waals surface area contributed by atoms with E-state index in [1.54, 1.807) is 6.08 Å². The normalized spacial score (nSPS) is 18.2. The van der Waals surface area contributed by atoms with E-state index in [1.165, 1.54) is 0 Å². The van der Waals surface area contributed by atoms with Crippen LogP contribution in [0.1, 0.15) is 13.8 Å². The van der Waals surface area contributed by atoms with Gasteiger partial charge < -0.3 is 4.52 Å². The smallest absolute Gasteiger partial charge is 0.206 e. The van der Waals surface area contributed by atoms with Crippen LogP contribution in [0, 0.1) is 0 Å². The molecule has 0 aliphatic rings. The molecule has 0 N–H and O–H groups in total. The fourth-order valence-corrected chi connectivity index (χ4v) is 2.29. The topological polar surface area (TPSA) is 26.3 Å².